The molecular formula is C57H83ClN10O8. The number of carbonyl (C=O) groups is 2. The van der Waals surface area contributed by atoms with Crippen LogP contribution in [0.5, 0.6) is 0 Å². The van der Waals surface area contributed by atoms with Crippen molar-refractivity contribution < 1.29 is 38.0 Å². The summed E-state index contributed by atoms with van der Waals surface area (Å²) in [5, 5.41) is 13.6. The number of nitrogens with one attached hydrogen (secondary N) is 2. The van der Waals surface area contributed by atoms with E-state index in [0.717, 1.165) is 80.6 Å². The molecule has 19 heteroatoms. The summed E-state index contributed by atoms with van der Waals surface area (Å²) in [6.07, 6.45) is 17.3. The molecule has 2 aromatic carbocycles. The monoisotopic (exact) mass is 1070 g/mol. The second kappa shape index (κ2) is 34.4. The number of azide groups is 2. The van der Waals surface area contributed by atoms with Gasteiger partial charge in [0.25, 0.3) is 0 Å². The fourth-order valence-corrected chi connectivity index (χ4v) is 10.2. The van der Waals surface area contributed by atoms with Gasteiger partial charge in [0.15, 0.2) is 0 Å². The van der Waals surface area contributed by atoms with Crippen LogP contribution in [-0.4, -0.2) is 136 Å². The first kappa shape index (κ1) is 61.5. The van der Waals surface area contributed by atoms with E-state index in [1.165, 1.54) is 28.2 Å². The summed E-state index contributed by atoms with van der Waals surface area (Å²) >= 11 is 7.26. The molecule has 0 radical (unpaired) electrons. The highest BCUT2D eigenvalue weighted by Gasteiger charge is 2.43. The van der Waals surface area contributed by atoms with Gasteiger partial charge in [0.1, 0.15) is 0 Å². The number of rotatable bonds is 39. The van der Waals surface area contributed by atoms with Crippen LogP contribution in [0.1, 0.15) is 103 Å². The Morgan fingerprint density at radius 2 is 1.14 bits per heavy atom. The number of halogens is 1. The van der Waals surface area contributed by atoms with E-state index in [1.54, 1.807) is 0 Å². The lowest BCUT2D eigenvalue weighted by Crippen LogP contribution is -2.40. The van der Waals surface area contributed by atoms with Crippen LogP contribution in [0.15, 0.2) is 105 Å². The van der Waals surface area contributed by atoms with E-state index < -0.39 is 0 Å². The van der Waals surface area contributed by atoms with Crippen molar-refractivity contribution in [2.75, 3.05) is 128 Å². The first-order valence-corrected chi connectivity index (χ1v) is 27.6. The third-order valence-corrected chi connectivity index (χ3v) is 14.4. The van der Waals surface area contributed by atoms with Crippen LogP contribution in [0.25, 0.3) is 20.9 Å². The van der Waals surface area contributed by atoms with Crippen molar-refractivity contribution in [1.82, 2.24) is 10.6 Å². The molecule has 2 aliphatic heterocycles. The Hall–Kier alpha value is -5.39. The van der Waals surface area contributed by atoms with Gasteiger partial charge in [-0.25, -0.2) is 0 Å². The molecule has 0 bridgehead atoms. The predicted molar refractivity (Wildman–Crippen MR) is 301 cm³/mol. The Kier molecular flexibility index (Phi) is 27.8. The number of fused-ring (bicyclic) bond motifs is 2. The topological polar surface area (TPSA) is 218 Å². The second-order valence-corrected chi connectivity index (χ2v) is 20.4. The highest BCUT2D eigenvalue weighted by atomic mass is 35.5. The van der Waals surface area contributed by atoms with Crippen LogP contribution in [0.2, 0.25) is 0 Å². The largest absolute Gasteiger partial charge is 0.379 e. The molecule has 416 valence electrons. The summed E-state index contributed by atoms with van der Waals surface area (Å²) in [7, 11) is 0. The van der Waals surface area contributed by atoms with E-state index in [1.807, 2.05) is 0 Å². The Balaban J connectivity index is 1.05. The molecule has 2 amide bonds. The van der Waals surface area contributed by atoms with E-state index in [-0.39, 0.29) is 28.7 Å². The summed E-state index contributed by atoms with van der Waals surface area (Å²) in [6, 6.07) is 17.6. The maximum Gasteiger partial charge on any atom is 0.220 e. The minimum Gasteiger partial charge on any atom is -0.379 e. The smallest absolute Gasteiger partial charge is 0.220 e. The summed E-state index contributed by atoms with van der Waals surface area (Å²) in [5.74, 6) is 0.0756. The quantitative estimate of drug-likeness (QED) is 0.0279. The molecule has 1 atom stereocenters. The van der Waals surface area contributed by atoms with Gasteiger partial charge in [-0.2, -0.15) is 0 Å². The first-order valence-electron chi connectivity index (χ1n) is 27.2. The molecule has 0 fully saturated rings. The van der Waals surface area contributed by atoms with Crippen molar-refractivity contribution >= 4 is 34.8 Å². The summed E-state index contributed by atoms with van der Waals surface area (Å²) < 4.78 is 32.7. The fraction of sp³-hybridized carbons (Fsp3) is 0.614. The molecule has 0 spiro atoms. The van der Waals surface area contributed by atoms with Crippen molar-refractivity contribution in [1.29, 1.82) is 0 Å². The lowest BCUT2D eigenvalue weighted by atomic mass is 9.80. The fourth-order valence-electron chi connectivity index (χ4n) is 9.91. The van der Waals surface area contributed by atoms with Crippen LogP contribution in [0.3, 0.4) is 0 Å². The molecule has 2 heterocycles. The van der Waals surface area contributed by atoms with Gasteiger partial charge in [-0.15, -0.1) is 0 Å². The molecule has 3 aliphatic rings. The molecular weight excluding hydrogens is 988 g/mol. The van der Waals surface area contributed by atoms with Gasteiger partial charge in [0.2, 0.25) is 11.8 Å². The van der Waals surface area contributed by atoms with Gasteiger partial charge in [0, 0.05) is 94.9 Å². The van der Waals surface area contributed by atoms with E-state index in [2.05, 4.69) is 141 Å². The maximum absolute atomic E-state index is 12.6. The number of hydrogen-bond acceptors (Lipinski definition) is 12. The molecule has 1 unspecified atom stereocenters. The third kappa shape index (κ3) is 19.9. The van der Waals surface area contributed by atoms with Crippen LogP contribution in [0.4, 0.5) is 11.4 Å². The summed E-state index contributed by atoms with van der Waals surface area (Å²) in [6.45, 7) is 17.6. The van der Waals surface area contributed by atoms with Gasteiger partial charge in [-0.05, 0) is 90.1 Å². The Morgan fingerprint density at radius 3 is 1.71 bits per heavy atom. The molecule has 5 rings (SSSR count). The average Bonchev–Trinajstić information content (AvgIpc) is 3.96. The molecule has 1 aliphatic carbocycles. The summed E-state index contributed by atoms with van der Waals surface area (Å²) in [4.78, 5) is 35.5. The number of para-hydroxylation sites is 2. The van der Waals surface area contributed by atoms with Gasteiger partial charge in [0.05, 0.1) is 85.3 Å². The van der Waals surface area contributed by atoms with E-state index >= 15 is 0 Å². The van der Waals surface area contributed by atoms with Crippen molar-refractivity contribution in [3.8, 4) is 0 Å². The number of ether oxygens (including phenoxy) is 6. The van der Waals surface area contributed by atoms with E-state index in [9.17, 15) is 9.59 Å². The van der Waals surface area contributed by atoms with E-state index in [0.29, 0.717) is 118 Å². The number of benzene rings is 2. The maximum atomic E-state index is 12.6. The molecule has 76 heavy (non-hydrogen) atoms. The molecule has 2 aromatic rings. The van der Waals surface area contributed by atoms with Crippen molar-refractivity contribution in [3.05, 3.63) is 127 Å². The zero-order valence-corrected chi connectivity index (χ0v) is 46.3. The van der Waals surface area contributed by atoms with Crippen LogP contribution < -0.4 is 20.4 Å². The normalized spacial score (nSPS) is 17.4. The van der Waals surface area contributed by atoms with Crippen molar-refractivity contribution in [2.45, 2.75) is 109 Å². The number of nitrogens with zero attached hydrogens (tertiary/aromatic N) is 8. The van der Waals surface area contributed by atoms with Gasteiger partial charge in [-0.1, -0.05) is 117 Å². The minimum absolute atomic E-state index is 0.0359. The number of anilines is 2. The molecule has 2 N–H and O–H groups in total. The Bertz CT molecular complexity index is 2340. The lowest BCUT2D eigenvalue weighted by Gasteiger charge is -2.32. The number of hydrogen-bond donors (Lipinski definition) is 2. The van der Waals surface area contributed by atoms with Crippen LogP contribution in [-0.2, 0) is 48.8 Å². The minimum atomic E-state index is -0.191. The molecule has 0 aromatic heterocycles. The first-order chi connectivity index (χ1) is 37.0. The zero-order chi connectivity index (χ0) is 54.3. The molecule has 0 saturated carbocycles. The Morgan fingerprint density at radius 1 is 0.645 bits per heavy atom. The van der Waals surface area contributed by atoms with Crippen LogP contribution >= 0.6 is 11.6 Å². The molecule has 18 nitrogen and oxygen atoms in total. The second-order valence-electron chi connectivity index (χ2n) is 20.0. The van der Waals surface area contributed by atoms with Crippen molar-refractivity contribution in [2.24, 2.45) is 10.2 Å². The van der Waals surface area contributed by atoms with Crippen LogP contribution in [0, 0.1) is 0 Å². The van der Waals surface area contributed by atoms with Crippen molar-refractivity contribution in [3.63, 3.8) is 0 Å². The summed E-state index contributed by atoms with van der Waals surface area (Å²) in [5.41, 5.74) is 25.0. The third-order valence-electron chi connectivity index (χ3n) is 13.9. The number of unbranched alkanes of at least 4 members (excludes halogenated alkanes) is 4. The number of amides is 2. The number of carbonyl (C=O) groups excluding carboxylic acids is 2. The standard InChI is InChI=1S/C57H83ClN10O8/c1-56(2)47-15-9-11-17-49(47)67(31-13-5-7-19-53(69)61-27-33-71-37-41-75-43-39-73-35-29-63-65-59)51(56)25-23-45-21-22-46(55(45)58)24-26-52-57(3,4)48-16-10-12-18-50(48)68(52)32-14-6-8-20-54(70)62-28-34-72-38-42-76-44-40-74-36-30-64-66-60/h9-12,15-18,23-26,51H,5-8,13-14,19-22,27-44H2,1-4H3,(H,61,69)(H,62,70)/b25-23+,46-24+,52-26+. The highest BCUT2D eigenvalue weighted by Crippen LogP contribution is 2.49. The predicted octanol–water partition coefficient (Wildman–Crippen LogP) is 10.7. The average molecular weight is 1070 g/mol. The van der Waals surface area contributed by atoms with Gasteiger partial charge >= 0.3 is 0 Å². The highest BCUT2D eigenvalue weighted by molar-refractivity contribution is 6.33. The Labute approximate surface area is 455 Å². The number of allylic oxidation sites excluding steroid dienone is 7. The van der Waals surface area contributed by atoms with Gasteiger partial charge < -0.3 is 48.9 Å². The van der Waals surface area contributed by atoms with Gasteiger partial charge in [-0.3, -0.25) is 9.59 Å². The zero-order valence-electron chi connectivity index (χ0n) is 45.5. The molecule has 0 saturated heterocycles. The van der Waals surface area contributed by atoms with E-state index in [4.69, 9.17) is 51.1 Å². The lowest BCUT2D eigenvalue weighted by molar-refractivity contribution is -0.122. The SMILES string of the molecule is CC1(C)/C(=C\C=C2/CCC(/C=C/C3N(CCCCCC(=O)NCCOCCOCCOCCN=[N+]=[N-])c4ccccc4C3(C)C)=C2Cl)N(CCCCCC(=O)NCCOCCOCCOCCN=[N+]=[N-])c2ccccc21.